The number of carbonyl (C=O) groups is 1. The fourth-order valence-electron chi connectivity index (χ4n) is 1.06. The van der Waals surface area contributed by atoms with Crippen molar-refractivity contribution in [2.24, 2.45) is 0 Å². The van der Waals surface area contributed by atoms with Gasteiger partial charge in [0.2, 0.25) is 5.28 Å². The highest BCUT2D eigenvalue weighted by molar-refractivity contribution is 6.32. The van der Waals surface area contributed by atoms with Gasteiger partial charge in [0, 0.05) is 18.5 Å². The second-order valence-electron chi connectivity index (χ2n) is 2.93. The minimum absolute atomic E-state index is 0.0443. The Kier molecular flexibility index (Phi) is 3.46. The summed E-state index contributed by atoms with van der Waals surface area (Å²) in [6.07, 6.45) is 4.09. The van der Waals surface area contributed by atoms with Crippen LogP contribution in [0.4, 0.5) is 5.82 Å². The van der Waals surface area contributed by atoms with Crippen LogP contribution in [0.1, 0.15) is 10.4 Å². The molecule has 2 aromatic rings. The van der Waals surface area contributed by atoms with Crippen LogP contribution >= 0.6 is 23.2 Å². The van der Waals surface area contributed by atoms with Crippen molar-refractivity contribution in [2.75, 3.05) is 5.32 Å². The van der Waals surface area contributed by atoms with Gasteiger partial charge in [-0.25, -0.2) is 19.9 Å². The van der Waals surface area contributed by atoms with Gasteiger partial charge in [-0.3, -0.25) is 4.79 Å². The summed E-state index contributed by atoms with van der Waals surface area (Å²) in [6, 6.07) is 1.38. The molecule has 1 N–H and O–H groups in total. The van der Waals surface area contributed by atoms with Crippen molar-refractivity contribution in [2.45, 2.75) is 0 Å². The zero-order valence-corrected chi connectivity index (χ0v) is 9.77. The quantitative estimate of drug-likeness (QED) is 0.665. The predicted molar refractivity (Wildman–Crippen MR) is 62.0 cm³/mol. The largest absolute Gasteiger partial charge is 0.306 e. The van der Waals surface area contributed by atoms with E-state index in [9.17, 15) is 4.79 Å². The molecule has 2 rings (SSSR count). The summed E-state index contributed by atoms with van der Waals surface area (Å²) in [4.78, 5) is 26.6. The molecule has 0 atom stereocenters. The molecule has 0 bridgehead atoms. The summed E-state index contributed by atoms with van der Waals surface area (Å²) in [5, 5.41) is 2.60. The molecule has 0 unspecified atom stereocenters. The van der Waals surface area contributed by atoms with Crippen LogP contribution in [0.25, 0.3) is 0 Å². The molecular weight excluding hydrogens is 265 g/mol. The lowest BCUT2D eigenvalue weighted by atomic mass is 10.3. The van der Waals surface area contributed by atoms with Crippen molar-refractivity contribution in [1.29, 1.82) is 0 Å². The van der Waals surface area contributed by atoms with E-state index in [-0.39, 0.29) is 16.3 Å². The first kappa shape index (κ1) is 11.7. The standard InChI is InChI=1S/C9H5Cl2N5O/c10-6-1-7(16-9(11)14-6)15-8(17)5-2-12-4-13-3-5/h1-4H,(H,14,15,16,17). The van der Waals surface area contributed by atoms with Gasteiger partial charge in [0.1, 0.15) is 17.3 Å². The highest BCUT2D eigenvalue weighted by Crippen LogP contribution is 2.14. The van der Waals surface area contributed by atoms with E-state index in [2.05, 4.69) is 25.3 Å². The fourth-order valence-corrected chi connectivity index (χ4v) is 1.47. The molecule has 0 spiro atoms. The summed E-state index contributed by atoms with van der Waals surface area (Å²) in [6.45, 7) is 0. The third-order valence-electron chi connectivity index (χ3n) is 1.73. The van der Waals surface area contributed by atoms with E-state index in [1.54, 1.807) is 0 Å². The van der Waals surface area contributed by atoms with Crippen LogP contribution < -0.4 is 5.32 Å². The van der Waals surface area contributed by atoms with E-state index in [4.69, 9.17) is 23.2 Å². The Morgan fingerprint density at radius 3 is 2.53 bits per heavy atom. The van der Waals surface area contributed by atoms with E-state index >= 15 is 0 Å². The van der Waals surface area contributed by atoms with Gasteiger partial charge in [-0.1, -0.05) is 11.6 Å². The number of hydrogen-bond donors (Lipinski definition) is 1. The van der Waals surface area contributed by atoms with Crippen LogP contribution in [0.5, 0.6) is 0 Å². The van der Waals surface area contributed by atoms with Gasteiger partial charge < -0.3 is 5.32 Å². The molecule has 1 amide bonds. The van der Waals surface area contributed by atoms with Gasteiger partial charge in [-0.05, 0) is 11.6 Å². The molecular formula is C9H5Cl2N5O. The lowest BCUT2D eigenvalue weighted by molar-refractivity contribution is 0.102. The molecule has 0 fully saturated rings. The van der Waals surface area contributed by atoms with Crippen LogP contribution in [0.15, 0.2) is 24.8 Å². The van der Waals surface area contributed by atoms with Crippen LogP contribution in [-0.2, 0) is 0 Å². The number of nitrogens with one attached hydrogen (secondary N) is 1. The number of carbonyl (C=O) groups excluding carboxylic acids is 1. The van der Waals surface area contributed by atoms with Crippen molar-refractivity contribution < 1.29 is 4.79 Å². The van der Waals surface area contributed by atoms with Gasteiger partial charge in [-0.15, -0.1) is 0 Å². The van der Waals surface area contributed by atoms with Gasteiger partial charge in [0.15, 0.2) is 0 Å². The molecule has 17 heavy (non-hydrogen) atoms. The number of anilines is 1. The topological polar surface area (TPSA) is 80.7 Å². The van der Waals surface area contributed by atoms with E-state index in [1.165, 1.54) is 24.8 Å². The number of rotatable bonds is 2. The maximum Gasteiger partial charge on any atom is 0.259 e. The SMILES string of the molecule is O=C(Nc1cc(Cl)nc(Cl)n1)c1cncnc1. The maximum atomic E-state index is 11.7. The predicted octanol–water partition coefficient (Wildman–Crippen LogP) is 1.83. The highest BCUT2D eigenvalue weighted by atomic mass is 35.5. The molecule has 0 radical (unpaired) electrons. The minimum Gasteiger partial charge on any atom is -0.306 e. The highest BCUT2D eigenvalue weighted by Gasteiger charge is 2.08. The Labute approximate surface area is 106 Å². The molecule has 2 aromatic heterocycles. The molecule has 0 aliphatic carbocycles. The molecule has 2 heterocycles. The van der Waals surface area contributed by atoms with E-state index in [0.717, 1.165) is 0 Å². The summed E-state index contributed by atoms with van der Waals surface area (Å²) in [5.41, 5.74) is 0.304. The second kappa shape index (κ2) is 5.03. The number of halogens is 2. The Bertz CT molecular complexity index is 528. The van der Waals surface area contributed by atoms with E-state index in [0.29, 0.717) is 5.56 Å². The molecule has 86 valence electrons. The van der Waals surface area contributed by atoms with Crippen molar-refractivity contribution >= 4 is 34.9 Å². The van der Waals surface area contributed by atoms with Crippen LogP contribution in [0.3, 0.4) is 0 Å². The molecule has 0 aliphatic rings. The smallest absolute Gasteiger partial charge is 0.259 e. The zero-order valence-electron chi connectivity index (χ0n) is 8.26. The minimum atomic E-state index is -0.406. The zero-order chi connectivity index (χ0) is 12.3. The number of aromatic nitrogens is 4. The summed E-state index contributed by atoms with van der Waals surface area (Å²) in [5.74, 6) is -0.194. The van der Waals surface area contributed by atoms with Gasteiger partial charge in [0.05, 0.1) is 5.56 Å². The third kappa shape index (κ3) is 3.08. The first-order chi connectivity index (χ1) is 8.15. The van der Waals surface area contributed by atoms with Crippen molar-refractivity contribution in [3.8, 4) is 0 Å². The van der Waals surface area contributed by atoms with Crippen LogP contribution in [-0.4, -0.2) is 25.8 Å². The number of hydrogen-bond acceptors (Lipinski definition) is 5. The molecule has 6 nitrogen and oxygen atoms in total. The summed E-state index contributed by atoms with van der Waals surface area (Å²) in [7, 11) is 0. The third-order valence-corrected chi connectivity index (χ3v) is 2.09. The van der Waals surface area contributed by atoms with Crippen molar-refractivity contribution in [3.63, 3.8) is 0 Å². The average Bonchev–Trinajstić information content (AvgIpc) is 2.28. The average molecular weight is 270 g/mol. The second-order valence-corrected chi connectivity index (χ2v) is 3.65. The van der Waals surface area contributed by atoms with Crippen molar-refractivity contribution in [3.05, 3.63) is 40.8 Å². The first-order valence-electron chi connectivity index (χ1n) is 4.41. The fraction of sp³-hybridized carbons (Fsp3) is 0. The van der Waals surface area contributed by atoms with Gasteiger partial charge >= 0.3 is 0 Å². The van der Waals surface area contributed by atoms with E-state index < -0.39 is 5.91 Å². The normalized spacial score (nSPS) is 10.0. The summed E-state index contributed by atoms with van der Waals surface area (Å²) < 4.78 is 0. The lowest BCUT2D eigenvalue weighted by Crippen LogP contribution is -2.13. The lowest BCUT2D eigenvalue weighted by Gasteiger charge is -2.03. The van der Waals surface area contributed by atoms with Gasteiger partial charge in [0.25, 0.3) is 5.91 Å². The summed E-state index contributed by atoms with van der Waals surface area (Å²) >= 11 is 11.3. The first-order valence-corrected chi connectivity index (χ1v) is 5.17. The Hall–Kier alpha value is -1.79. The molecule has 0 aromatic carbocycles. The van der Waals surface area contributed by atoms with Gasteiger partial charge in [-0.2, -0.15) is 0 Å². The van der Waals surface area contributed by atoms with Crippen molar-refractivity contribution in [1.82, 2.24) is 19.9 Å². The Balaban J connectivity index is 2.19. The van der Waals surface area contributed by atoms with Crippen LogP contribution in [0.2, 0.25) is 10.4 Å². The number of nitrogens with zero attached hydrogens (tertiary/aromatic N) is 4. The molecule has 0 saturated heterocycles. The monoisotopic (exact) mass is 269 g/mol. The number of amides is 1. The van der Waals surface area contributed by atoms with Crippen LogP contribution in [0, 0.1) is 0 Å². The molecule has 8 heteroatoms. The Morgan fingerprint density at radius 2 is 1.88 bits per heavy atom. The Morgan fingerprint density at radius 1 is 1.18 bits per heavy atom. The molecule has 0 saturated carbocycles. The maximum absolute atomic E-state index is 11.7. The molecule has 0 aliphatic heterocycles. The van der Waals surface area contributed by atoms with E-state index in [1.807, 2.05) is 0 Å².